The van der Waals surface area contributed by atoms with Crippen LogP contribution in [-0.2, 0) is 4.74 Å². The fraction of sp³-hybridized carbons (Fsp3) is 1.00. The van der Waals surface area contributed by atoms with E-state index in [1.54, 1.807) is 0 Å². The highest BCUT2D eigenvalue weighted by Crippen LogP contribution is 2.14. The predicted molar refractivity (Wildman–Crippen MR) is 60.9 cm³/mol. The Balaban J connectivity index is 3.90. The van der Waals surface area contributed by atoms with Gasteiger partial charge in [0.2, 0.25) is 0 Å². The lowest BCUT2D eigenvalue weighted by Crippen LogP contribution is -2.44. The zero-order valence-electron chi connectivity index (χ0n) is 10.3. The van der Waals surface area contributed by atoms with Crippen LogP contribution in [-0.4, -0.2) is 18.2 Å². The summed E-state index contributed by atoms with van der Waals surface area (Å²) in [5.74, 6) is 6.07. The minimum absolute atomic E-state index is 0.0823. The van der Waals surface area contributed by atoms with Crippen LogP contribution in [0.3, 0.4) is 0 Å². The van der Waals surface area contributed by atoms with Crippen molar-refractivity contribution in [3.63, 3.8) is 0 Å². The smallest absolute Gasteiger partial charge is 0.0642 e. The predicted octanol–water partition coefficient (Wildman–Crippen LogP) is 2.07. The van der Waals surface area contributed by atoms with Crippen LogP contribution in [0.1, 0.15) is 47.5 Å². The first kappa shape index (κ1) is 13.9. The maximum atomic E-state index is 5.71. The van der Waals surface area contributed by atoms with Gasteiger partial charge in [0, 0.05) is 6.04 Å². The standard InChI is InChI=1S/C11H26N2O/c1-6-7-9(2)10(13-12)8-14-11(3,4)5/h9-10,13H,6-8,12H2,1-5H3. The number of nitrogens with one attached hydrogen (secondary N) is 1. The topological polar surface area (TPSA) is 47.3 Å². The number of nitrogens with two attached hydrogens (primary N) is 1. The second kappa shape index (κ2) is 6.38. The van der Waals surface area contributed by atoms with Gasteiger partial charge in [0.05, 0.1) is 12.2 Å². The Hall–Kier alpha value is -0.120. The number of ether oxygens (including phenoxy) is 1. The van der Waals surface area contributed by atoms with E-state index in [1.165, 1.54) is 12.8 Å². The van der Waals surface area contributed by atoms with Gasteiger partial charge in [0.25, 0.3) is 0 Å². The van der Waals surface area contributed by atoms with Gasteiger partial charge in [0.1, 0.15) is 0 Å². The SMILES string of the molecule is CCCC(C)C(COC(C)(C)C)NN. The number of rotatable bonds is 6. The van der Waals surface area contributed by atoms with Gasteiger partial charge in [-0.15, -0.1) is 0 Å². The van der Waals surface area contributed by atoms with E-state index >= 15 is 0 Å². The third kappa shape index (κ3) is 6.35. The van der Waals surface area contributed by atoms with Crippen LogP contribution in [0.2, 0.25) is 0 Å². The summed E-state index contributed by atoms with van der Waals surface area (Å²) in [6.45, 7) is 11.3. The summed E-state index contributed by atoms with van der Waals surface area (Å²) in [6.07, 6.45) is 2.37. The molecule has 0 aromatic heterocycles. The molecule has 0 spiro atoms. The fourth-order valence-corrected chi connectivity index (χ4v) is 1.37. The largest absolute Gasteiger partial charge is 0.374 e. The molecule has 0 aliphatic carbocycles. The average Bonchev–Trinajstić information content (AvgIpc) is 2.03. The van der Waals surface area contributed by atoms with E-state index < -0.39 is 0 Å². The normalized spacial score (nSPS) is 16.7. The van der Waals surface area contributed by atoms with E-state index in [9.17, 15) is 0 Å². The van der Waals surface area contributed by atoms with Crippen LogP contribution in [0.4, 0.5) is 0 Å². The summed E-state index contributed by atoms with van der Waals surface area (Å²) in [7, 11) is 0. The molecule has 2 unspecified atom stereocenters. The van der Waals surface area contributed by atoms with E-state index in [0.717, 1.165) is 0 Å². The van der Waals surface area contributed by atoms with Gasteiger partial charge in [-0.05, 0) is 33.1 Å². The van der Waals surface area contributed by atoms with Crippen LogP contribution in [0, 0.1) is 5.92 Å². The lowest BCUT2D eigenvalue weighted by atomic mass is 9.98. The van der Waals surface area contributed by atoms with E-state index in [1.807, 2.05) is 0 Å². The summed E-state index contributed by atoms with van der Waals surface area (Å²) < 4.78 is 5.71. The Labute approximate surface area is 88.4 Å². The third-order valence-electron chi connectivity index (χ3n) is 2.34. The molecule has 3 nitrogen and oxygen atoms in total. The molecule has 14 heavy (non-hydrogen) atoms. The molecule has 3 heteroatoms. The van der Waals surface area contributed by atoms with Crippen molar-refractivity contribution in [1.82, 2.24) is 5.43 Å². The molecule has 0 saturated heterocycles. The first-order chi connectivity index (χ1) is 6.40. The zero-order valence-corrected chi connectivity index (χ0v) is 10.3. The summed E-state index contributed by atoms with van der Waals surface area (Å²) in [4.78, 5) is 0. The molecule has 0 amide bonds. The van der Waals surface area contributed by atoms with Crippen molar-refractivity contribution < 1.29 is 4.74 Å². The van der Waals surface area contributed by atoms with Crippen molar-refractivity contribution in [2.45, 2.75) is 59.1 Å². The molecule has 0 radical (unpaired) electrons. The second-order valence-electron chi connectivity index (χ2n) is 4.96. The lowest BCUT2D eigenvalue weighted by molar-refractivity contribution is -0.0216. The monoisotopic (exact) mass is 202 g/mol. The van der Waals surface area contributed by atoms with Crippen molar-refractivity contribution in [3.05, 3.63) is 0 Å². The maximum absolute atomic E-state index is 5.71. The molecular weight excluding hydrogens is 176 g/mol. The molecule has 0 aromatic carbocycles. The molecule has 0 heterocycles. The number of hydrogen-bond acceptors (Lipinski definition) is 3. The van der Waals surface area contributed by atoms with Gasteiger partial charge in [-0.2, -0.15) is 0 Å². The van der Waals surface area contributed by atoms with Crippen molar-refractivity contribution in [1.29, 1.82) is 0 Å². The van der Waals surface area contributed by atoms with Crippen LogP contribution in [0.5, 0.6) is 0 Å². The molecule has 0 aliphatic heterocycles. The quantitative estimate of drug-likeness (QED) is 0.512. The van der Waals surface area contributed by atoms with Crippen molar-refractivity contribution in [2.24, 2.45) is 11.8 Å². The molecule has 0 rings (SSSR count). The molecule has 2 atom stereocenters. The Bertz CT molecular complexity index is 143. The Morgan fingerprint density at radius 3 is 2.29 bits per heavy atom. The van der Waals surface area contributed by atoms with E-state index in [4.69, 9.17) is 10.6 Å². The Kier molecular flexibility index (Phi) is 6.33. The third-order valence-corrected chi connectivity index (χ3v) is 2.34. The molecule has 0 saturated carbocycles. The van der Waals surface area contributed by atoms with Crippen LogP contribution < -0.4 is 11.3 Å². The van der Waals surface area contributed by atoms with Gasteiger partial charge in [-0.25, -0.2) is 0 Å². The van der Waals surface area contributed by atoms with Crippen LogP contribution >= 0.6 is 0 Å². The van der Waals surface area contributed by atoms with Gasteiger partial charge < -0.3 is 4.74 Å². The van der Waals surface area contributed by atoms with Gasteiger partial charge >= 0.3 is 0 Å². The minimum Gasteiger partial charge on any atom is -0.374 e. The van der Waals surface area contributed by atoms with Crippen molar-refractivity contribution >= 4 is 0 Å². The summed E-state index contributed by atoms with van der Waals surface area (Å²) >= 11 is 0. The van der Waals surface area contributed by atoms with E-state index in [-0.39, 0.29) is 11.6 Å². The lowest BCUT2D eigenvalue weighted by Gasteiger charge is -2.27. The first-order valence-electron chi connectivity index (χ1n) is 5.50. The van der Waals surface area contributed by atoms with Crippen LogP contribution in [0.15, 0.2) is 0 Å². The molecule has 0 aliphatic rings. The summed E-state index contributed by atoms with van der Waals surface area (Å²) in [5.41, 5.74) is 2.75. The second-order valence-corrected chi connectivity index (χ2v) is 4.96. The van der Waals surface area contributed by atoms with Crippen LogP contribution in [0.25, 0.3) is 0 Å². The molecular formula is C11H26N2O. The average molecular weight is 202 g/mol. The molecule has 0 fully saturated rings. The zero-order chi connectivity index (χ0) is 11.2. The van der Waals surface area contributed by atoms with Gasteiger partial charge in [-0.3, -0.25) is 11.3 Å². The molecule has 3 N–H and O–H groups in total. The highest BCUT2D eigenvalue weighted by atomic mass is 16.5. The number of hydrogen-bond donors (Lipinski definition) is 2. The summed E-state index contributed by atoms with van der Waals surface area (Å²) in [5, 5.41) is 0. The van der Waals surface area contributed by atoms with Crippen molar-refractivity contribution in [2.75, 3.05) is 6.61 Å². The highest BCUT2D eigenvalue weighted by Gasteiger charge is 2.18. The van der Waals surface area contributed by atoms with Crippen molar-refractivity contribution in [3.8, 4) is 0 Å². The first-order valence-corrected chi connectivity index (χ1v) is 5.50. The minimum atomic E-state index is -0.0823. The Morgan fingerprint density at radius 1 is 1.36 bits per heavy atom. The Morgan fingerprint density at radius 2 is 1.93 bits per heavy atom. The summed E-state index contributed by atoms with van der Waals surface area (Å²) in [6, 6.07) is 0.258. The van der Waals surface area contributed by atoms with E-state index in [2.05, 4.69) is 40.0 Å². The van der Waals surface area contributed by atoms with Gasteiger partial charge in [0.15, 0.2) is 0 Å². The fourth-order valence-electron chi connectivity index (χ4n) is 1.37. The molecule has 0 bridgehead atoms. The molecule has 86 valence electrons. The maximum Gasteiger partial charge on any atom is 0.0642 e. The highest BCUT2D eigenvalue weighted by molar-refractivity contribution is 4.72. The number of hydrazine groups is 1. The molecule has 0 aromatic rings. The van der Waals surface area contributed by atoms with E-state index in [0.29, 0.717) is 12.5 Å². The van der Waals surface area contributed by atoms with Gasteiger partial charge in [-0.1, -0.05) is 20.3 Å².